The summed E-state index contributed by atoms with van der Waals surface area (Å²) >= 11 is 9.09. The van der Waals surface area contributed by atoms with Crippen LogP contribution in [0.15, 0.2) is 40.9 Å². The second-order valence-electron chi connectivity index (χ2n) is 5.96. The number of aryl methyl sites for hydroxylation is 1. The van der Waals surface area contributed by atoms with E-state index < -0.39 is 0 Å². The fourth-order valence-corrected chi connectivity index (χ4v) is 4.38. The number of halogens is 1. The fourth-order valence-electron chi connectivity index (χ4n) is 2.61. The van der Waals surface area contributed by atoms with Crippen LogP contribution in [-0.4, -0.2) is 26.4 Å². The zero-order valence-electron chi connectivity index (χ0n) is 15.2. The van der Waals surface area contributed by atoms with Crippen LogP contribution >= 0.6 is 34.7 Å². The van der Waals surface area contributed by atoms with Crippen LogP contribution in [0.2, 0.25) is 5.02 Å². The van der Waals surface area contributed by atoms with Crippen LogP contribution in [0.25, 0.3) is 11.4 Å². The van der Waals surface area contributed by atoms with E-state index in [9.17, 15) is 4.79 Å². The Hall–Kier alpha value is -1.83. The number of nitrogens with zero attached hydrogens (tertiary/aromatic N) is 3. The first-order chi connectivity index (χ1) is 13.1. The molecular formula is C19H21ClN4OS2. The van der Waals surface area contributed by atoms with Gasteiger partial charge in [-0.3, -0.25) is 4.79 Å². The van der Waals surface area contributed by atoms with Gasteiger partial charge in [-0.2, -0.15) is 0 Å². The molecule has 0 saturated heterocycles. The Morgan fingerprint density at radius 2 is 2.15 bits per heavy atom. The SMILES string of the molecule is CCCn1c(SCC(=O)Nc2cccc(Cl)c2)nnc1-c1csc(CC)c1. The van der Waals surface area contributed by atoms with Crippen molar-refractivity contribution in [1.29, 1.82) is 0 Å². The van der Waals surface area contributed by atoms with E-state index in [4.69, 9.17) is 11.6 Å². The Kier molecular flexibility index (Phi) is 6.93. The van der Waals surface area contributed by atoms with E-state index in [1.54, 1.807) is 29.5 Å². The molecule has 0 unspecified atom stereocenters. The van der Waals surface area contributed by atoms with Gasteiger partial charge < -0.3 is 9.88 Å². The lowest BCUT2D eigenvalue weighted by Crippen LogP contribution is -2.14. The lowest BCUT2D eigenvalue weighted by Gasteiger charge is -2.08. The quantitative estimate of drug-likeness (QED) is 0.498. The van der Waals surface area contributed by atoms with Gasteiger partial charge in [0.25, 0.3) is 0 Å². The van der Waals surface area contributed by atoms with E-state index >= 15 is 0 Å². The summed E-state index contributed by atoms with van der Waals surface area (Å²) in [5.41, 5.74) is 1.78. The van der Waals surface area contributed by atoms with Crippen molar-refractivity contribution < 1.29 is 4.79 Å². The summed E-state index contributed by atoms with van der Waals surface area (Å²) in [7, 11) is 0. The third kappa shape index (κ3) is 5.12. The van der Waals surface area contributed by atoms with Crippen molar-refractivity contribution in [3.8, 4) is 11.4 Å². The smallest absolute Gasteiger partial charge is 0.234 e. The van der Waals surface area contributed by atoms with Crippen LogP contribution in [0.4, 0.5) is 5.69 Å². The first kappa shape index (κ1) is 19.9. The van der Waals surface area contributed by atoms with Gasteiger partial charge in [-0.15, -0.1) is 21.5 Å². The van der Waals surface area contributed by atoms with Crippen LogP contribution in [0.3, 0.4) is 0 Å². The van der Waals surface area contributed by atoms with Crippen LogP contribution in [0, 0.1) is 0 Å². The molecule has 0 spiro atoms. The molecule has 5 nitrogen and oxygen atoms in total. The number of carbonyl (C=O) groups is 1. The van der Waals surface area contributed by atoms with E-state index in [0.29, 0.717) is 10.7 Å². The number of thiophene rings is 1. The van der Waals surface area contributed by atoms with E-state index in [2.05, 4.69) is 45.4 Å². The van der Waals surface area contributed by atoms with Crippen molar-refractivity contribution in [1.82, 2.24) is 14.8 Å². The zero-order chi connectivity index (χ0) is 19.2. The van der Waals surface area contributed by atoms with E-state index in [1.807, 2.05) is 6.07 Å². The van der Waals surface area contributed by atoms with Crippen LogP contribution in [-0.2, 0) is 17.8 Å². The van der Waals surface area contributed by atoms with Gasteiger partial charge >= 0.3 is 0 Å². The minimum absolute atomic E-state index is 0.0985. The molecule has 0 saturated carbocycles. The highest BCUT2D eigenvalue weighted by Crippen LogP contribution is 2.28. The monoisotopic (exact) mass is 420 g/mol. The minimum atomic E-state index is -0.0985. The Morgan fingerprint density at radius 3 is 2.85 bits per heavy atom. The number of carbonyl (C=O) groups excluding carboxylic acids is 1. The maximum Gasteiger partial charge on any atom is 0.234 e. The summed E-state index contributed by atoms with van der Waals surface area (Å²) in [6.45, 7) is 5.08. The number of anilines is 1. The number of aromatic nitrogens is 3. The van der Waals surface area contributed by atoms with Gasteiger partial charge in [-0.1, -0.05) is 43.3 Å². The molecule has 1 aromatic carbocycles. The molecule has 0 aliphatic heterocycles. The summed E-state index contributed by atoms with van der Waals surface area (Å²) in [5.74, 6) is 1.03. The number of hydrogen-bond donors (Lipinski definition) is 1. The number of nitrogens with one attached hydrogen (secondary N) is 1. The Balaban J connectivity index is 1.70. The van der Waals surface area contributed by atoms with Crippen molar-refractivity contribution in [2.75, 3.05) is 11.1 Å². The highest BCUT2D eigenvalue weighted by molar-refractivity contribution is 7.99. The normalized spacial score (nSPS) is 10.9. The predicted molar refractivity (Wildman–Crippen MR) is 114 cm³/mol. The lowest BCUT2D eigenvalue weighted by molar-refractivity contribution is -0.113. The molecule has 3 rings (SSSR count). The molecule has 0 bridgehead atoms. The Bertz CT molecular complexity index is 922. The highest BCUT2D eigenvalue weighted by atomic mass is 35.5. The second-order valence-corrected chi connectivity index (χ2v) is 8.33. The number of amides is 1. The summed E-state index contributed by atoms with van der Waals surface area (Å²) < 4.78 is 2.10. The third-order valence-corrected chi connectivity index (χ3v) is 6.15. The van der Waals surface area contributed by atoms with Crippen LogP contribution in [0.1, 0.15) is 25.1 Å². The summed E-state index contributed by atoms with van der Waals surface area (Å²) in [6.07, 6.45) is 1.98. The zero-order valence-corrected chi connectivity index (χ0v) is 17.6. The van der Waals surface area contributed by atoms with Crippen molar-refractivity contribution in [3.63, 3.8) is 0 Å². The number of rotatable bonds is 8. The second kappa shape index (κ2) is 9.39. The molecule has 2 aromatic heterocycles. The molecular weight excluding hydrogens is 400 g/mol. The standard InChI is InChI=1S/C19H21ClN4OS2/c1-3-8-24-18(13-9-16(4-2)26-11-13)22-23-19(24)27-12-17(25)21-15-7-5-6-14(20)10-15/h5-7,9-11H,3-4,8,12H2,1-2H3,(H,21,25). The maximum atomic E-state index is 12.3. The van der Waals surface area contributed by atoms with Gasteiger partial charge in [0.2, 0.25) is 5.91 Å². The van der Waals surface area contributed by atoms with Crippen molar-refractivity contribution >= 4 is 46.3 Å². The third-order valence-electron chi connectivity index (χ3n) is 3.87. The van der Waals surface area contributed by atoms with E-state index in [1.165, 1.54) is 16.6 Å². The van der Waals surface area contributed by atoms with E-state index in [0.717, 1.165) is 35.9 Å². The summed E-state index contributed by atoms with van der Waals surface area (Å²) in [4.78, 5) is 13.6. The summed E-state index contributed by atoms with van der Waals surface area (Å²) in [6, 6.07) is 9.29. The van der Waals surface area contributed by atoms with Gasteiger partial charge in [0.15, 0.2) is 11.0 Å². The molecule has 8 heteroatoms. The molecule has 1 amide bonds. The van der Waals surface area contributed by atoms with Gasteiger partial charge in [0.05, 0.1) is 5.75 Å². The predicted octanol–water partition coefficient (Wildman–Crippen LogP) is 5.36. The number of benzene rings is 1. The maximum absolute atomic E-state index is 12.3. The fraction of sp³-hybridized carbons (Fsp3) is 0.316. The Morgan fingerprint density at radius 1 is 1.30 bits per heavy atom. The van der Waals surface area contributed by atoms with Crippen molar-refractivity contribution in [3.05, 3.63) is 45.6 Å². The van der Waals surface area contributed by atoms with Crippen molar-refractivity contribution in [2.24, 2.45) is 0 Å². The molecule has 0 radical (unpaired) electrons. The topological polar surface area (TPSA) is 59.8 Å². The van der Waals surface area contributed by atoms with E-state index in [-0.39, 0.29) is 11.7 Å². The van der Waals surface area contributed by atoms with Crippen LogP contribution < -0.4 is 5.32 Å². The highest BCUT2D eigenvalue weighted by Gasteiger charge is 2.16. The average molecular weight is 421 g/mol. The number of hydrogen-bond acceptors (Lipinski definition) is 5. The first-order valence-electron chi connectivity index (χ1n) is 8.80. The van der Waals surface area contributed by atoms with Gasteiger partial charge in [0, 0.05) is 33.1 Å². The molecule has 142 valence electrons. The first-order valence-corrected chi connectivity index (χ1v) is 11.0. The molecule has 27 heavy (non-hydrogen) atoms. The summed E-state index contributed by atoms with van der Waals surface area (Å²) in [5, 5.41) is 15.0. The molecule has 0 aliphatic rings. The minimum Gasteiger partial charge on any atom is -0.325 e. The Labute approximate surface area is 172 Å². The van der Waals surface area contributed by atoms with Crippen LogP contribution in [0.5, 0.6) is 0 Å². The molecule has 2 heterocycles. The average Bonchev–Trinajstić information content (AvgIpc) is 3.27. The lowest BCUT2D eigenvalue weighted by atomic mass is 10.2. The van der Waals surface area contributed by atoms with Gasteiger partial charge in [-0.25, -0.2) is 0 Å². The van der Waals surface area contributed by atoms with Gasteiger partial charge in [-0.05, 0) is 37.1 Å². The number of thioether (sulfide) groups is 1. The largest absolute Gasteiger partial charge is 0.325 e. The molecule has 1 N–H and O–H groups in total. The molecule has 3 aromatic rings. The molecule has 0 atom stereocenters. The molecule has 0 aliphatic carbocycles. The van der Waals surface area contributed by atoms with Crippen molar-refractivity contribution in [2.45, 2.75) is 38.4 Å². The molecule has 0 fully saturated rings. The van der Waals surface area contributed by atoms with Gasteiger partial charge in [0.1, 0.15) is 0 Å².